The van der Waals surface area contributed by atoms with Crippen LogP contribution in [0.5, 0.6) is 0 Å². The van der Waals surface area contributed by atoms with E-state index in [0.29, 0.717) is 5.76 Å². The van der Waals surface area contributed by atoms with E-state index in [-0.39, 0.29) is 82.2 Å². The van der Waals surface area contributed by atoms with Gasteiger partial charge in [0, 0.05) is 6.92 Å². The average molecular weight is 447 g/mol. The van der Waals surface area contributed by atoms with Gasteiger partial charge in [0.1, 0.15) is 5.76 Å². The Hall–Kier alpha value is -1.11. The number of ether oxygens (including phenoxy) is 3. The van der Waals surface area contributed by atoms with Crippen molar-refractivity contribution in [3.8, 4) is 0 Å². The molecule has 3 unspecified atom stereocenters. The summed E-state index contributed by atoms with van der Waals surface area (Å²) in [6, 6.07) is 0. The Bertz CT molecular complexity index is 293. The number of carbonyl (C=O) groups is 1. The maximum absolute atomic E-state index is 10.2. The minimum atomic E-state index is -0.195. The van der Waals surface area contributed by atoms with E-state index in [2.05, 4.69) is 6.58 Å². The fourth-order valence-corrected chi connectivity index (χ4v) is 0.764. The van der Waals surface area contributed by atoms with Crippen molar-refractivity contribution in [2.75, 3.05) is 13.4 Å². The summed E-state index contributed by atoms with van der Waals surface area (Å²) in [5.74, 6) is 0.146. The quantitative estimate of drug-likeness (QED) is 0.221. The van der Waals surface area contributed by atoms with Gasteiger partial charge in [-0.2, -0.15) is 0 Å². The Morgan fingerprint density at radius 1 is 0.867 bits per heavy atom. The molecule has 0 saturated carbocycles. The molecule has 0 aromatic carbocycles. The molecule has 6 nitrogen and oxygen atoms in total. The first-order valence-corrected chi connectivity index (χ1v) is 8.52. The minimum Gasteiger partial charge on any atom is -0.470 e. The van der Waals surface area contributed by atoms with Gasteiger partial charge in [-0.3, -0.25) is 4.79 Å². The molecular formula is C24H62O6. The molecule has 0 aliphatic rings. The van der Waals surface area contributed by atoms with Gasteiger partial charge in [0.25, 0.3) is 0 Å². The lowest BCUT2D eigenvalue weighted by molar-refractivity contribution is -0.145. The Labute approximate surface area is 192 Å². The van der Waals surface area contributed by atoms with E-state index >= 15 is 0 Å². The fraction of sp³-hybridized carbons (Fsp3) is 0.875. The van der Waals surface area contributed by atoms with Crippen molar-refractivity contribution in [1.82, 2.24) is 0 Å². The third kappa shape index (κ3) is 63.2. The van der Waals surface area contributed by atoms with Crippen molar-refractivity contribution < 1.29 is 29.2 Å². The Kier molecular flexibility index (Phi) is 79.7. The topological polar surface area (TPSA) is 85.2 Å². The van der Waals surface area contributed by atoms with Crippen LogP contribution in [-0.2, 0) is 19.0 Å². The molecule has 0 amide bonds. The molecule has 0 saturated heterocycles. The highest BCUT2D eigenvalue weighted by Crippen LogP contribution is 1.98. The monoisotopic (exact) mass is 446 g/mol. The molecular weight excluding hydrogens is 384 g/mol. The molecule has 0 spiro atoms. The van der Waals surface area contributed by atoms with Gasteiger partial charge in [-0.1, -0.05) is 71.9 Å². The lowest BCUT2D eigenvalue weighted by atomic mass is 10.3. The van der Waals surface area contributed by atoms with Gasteiger partial charge >= 0.3 is 5.97 Å². The van der Waals surface area contributed by atoms with Crippen LogP contribution in [0.3, 0.4) is 0 Å². The highest BCUT2D eigenvalue weighted by atomic mass is 16.7. The summed E-state index contributed by atoms with van der Waals surface area (Å²) < 4.78 is 14.8. The molecule has 0 fully saturated rings. The van der Waals surface area contributed by atoms with Crippen molar-refractivity contribution in [3.05, 3.63) is 12.3 Å². The summed E-state index contributed by atoms with van der Waals surface area (Å²) in [6.07, 6.45) is 2.86. The number of esters is 1. The zero-order chi connectivity index (χ0) is 19.5. The fourth-order valence-electron chi connectivity index (χ4n) is 0.764. The van der Waals surface area contributed by atoms with Crippen LogP contribution in [0.15, 0.2) is 12.3 Å². The molecule has 6 heteroatoms. The van der Waals surface area contributed by atoms with Crippen molar-refractivity contribution in [3.63, 3.8) is 0 Å². The first-order chi connectivity index (χ1) is 11.1. The molecule has 0 rings (SSSR count). The second-order valence-electron chi connectivity index (χ2n) is 5.43. The lowest BCUT2D eigenvalue weighted by Crippen LogP contribution is -2.10. The van der Waals surface area contributed by atoms with E-state index in [1.165, 1.54) is 6.92 Å². The second kappa shape index (κ2) is 42.1. The molecule has 0 heterocycles. The summed E-state index contributed by atoms with van der Waals surface area (Å²) in [6.45, 7) is 16.5. The molecule has 0 radical (unpaired) electrons. The van der Waals surface area contributed by atoms with Crippen molar-refractivity contribution >= 4 is 5.97 Å². The number of rotatable bonds is 9. The molecule has 3 atom stereocenters. The molecule has 0 bridgehead atoms. The normalized spacial score (nSPS) is 10.6. The average Bonchev–Trinajstić information content (AvgIpc) is 2.54. The third-order valence-corrected chi connectivity index (χ3v) is 2.90. The van der Waals surface area contributed by atoms with Gasteiger partial charge in [0.2, 0.25) is 0 Å². The number of hydrogen-bond acceptors (Lipinski definition) is 6. The Morgan fingerprint density at radius 2 is 1.23 bits per heavy atom. The summed E-state index contributed by atoms with van der Waals surface area (Å²) >= 11 is 0. The largest absolute Gasteiger partial charge is 0.470 e. The van der Waals surface area contributed by atoms with E-state index in [9.17, 15) is 4.79 Å². The summed E-state index contributed by atoms with van der Waals surface area (Å²) in [4.78, 5) is 10.2. The molecule has 0 aromatic heterocycles. The molecule has 0 aliphatic carbocycles. The summed E-state index contributed by atoms with van der Waals surface area (Å²) in [7, 11) is 0. The minimum absolute atomic E-state index is 0. The van der Waals surface area contributed by atoms with Crippen LogP contribution in [0.1, 0.15) is 112 Å². The number of carbonyl (C=O) groups excluding carboxylic acids is 1. The van der Waals surface area contributed by atoms with Gasteiger partial charge in [-0.15, -0.1) is 0 Å². The van der Waals surface area contributed by atoms with Crippen LogP contribution in [0.2, 0.25) is 0 Å². The molecule has 194 valence electrons. The first-order valence-electron chi connectivity index (χ1n) is 8.52. The van der Waals surface area contributed by atoms with Crippen LogP contribution >= 0.6 is 0 Å². The number of aliphatic hydroxyl groups is 2. The van der Waals surface area contributed by atoms with Crippen LogP contribution in [0, 0.1) is 0 Å². The maximum Gasteiger partial charge on any atom is 0.302 e. The zero-order valence-corrected chi connectivity index (χ0v) is 16.5. The summed E-state index contributed by atoms with van der Waals surface area (Å²) in [5, 5.41) is 16.8. The van der Waals surface area contributed by atoms with Crippen LogP contribution in [-0.4, -0.2) is 47.9 Å². The van der Waals surface area contributed by atoms with Gasteiger partial charge in [0.15, 0.2) is 6.79 Å². The second-order valence-corrected chi connectivity index (χ2v) is 5.43. The van der Waals surface area contributed by atoms with Crippen molar-refractivity contribution in [1.29, 1.82) is 0 Å². The number of aliphatic hydroxyl groups excluding tert-OH is 2. The zero-order valence-electron chi connectivity index (χ0n) is 16.5. The van der Waals surface area contributed by atoms with Crippen LogP contribution in [0.25, 0.3) is 0 Å². The van der Waals surface area contributed by atoms with Gasteiger partial charge in [0.05, 0.1) is 24.9 Å². The van der Waals surface area contributed by atoms with E-state index in [1.807, 2.05) is 34.6 Å². The third-order valence-electron chi connectivity index (χ3n) is 2.90. The van der Waals surface area contributed by atoms with Gasteiger partial charge in [-0.25, -0.2) is 0 Å². The summed E-state index contributed by atoms with van der Waals surface area (Å²) in [5.41, 5.74) is 0. The van der Waals surface area contributed by atoms with E-state index in [1.54, 1.807) is 6.92 Å². The van der Waals surface area contributed by atoms with E-state index in [4.69, 9.17) is 24.4 Å². The molecule has 30 heavy (non-hydrogen) atoms. The first kappa shape index (κ1) is 56.8. The van der Waals surface area contributed by atoms with Gasteiger partial charge < -0.3 is 24.4 Å². The molecule has 2 N–H and O–H groups in total. The highest BCUT2D eigenvalue weighted by Gasteiger charge is 1.99. The predicted molar refractivity (Wildman–Crippen MR) is 137 cm³/mol. The molecule has 0 aromatic rings. The maximum atomic E-state index is 10.2. The van der Waals surface area contributed by atoms with Gasteiger partial charge in [-0.05, 0) is 40.0 Å². The van der Waals surface area contributed by atoms with E-state index < -0.39 is 0 Å². The predicted octanol–water partition coefficient (Wildman–Crippen LogP) is 7.22. The Balaban J connectivity index is -0.0000000301. The van der Waals surface area contributed by atoms with Crippen LogP contribution in [0.4, 0.5) is 0 Å². The van der Waals surface area contributed by atoms with Crippen molar-refractivity contribution in [2.45, 2.75) is 131 Å². The standard InChI is InChI=1S/C8H16O3.C6H12O2.C4H10O.6CH4/c1-4-7(2)10-6-11-8(3)5-9;1-4-5(2)8-6(3)7;1-3-4(2)5;;;;;;/h7,9H,3-6H2,1-2H3;5H,4H2,1-3H3;4-5H,3H2,1-2H3;6*1H4. The SMILES string of the molecule is C.C.C.C.C.C.C=C(CO)OCOC(C)CC.CCC(C)O.CCC(C)OC(C)=O. The smallest absolute Gasteiger partial charge is 0.302 e. The Morgan fingerprint density at radius 3 is 1.43 bits per heavy atom. The van der Waals surface area contributed by atoms with E-state index in [0.717, 1.165) is 19.3 Å². The van der Waals surface area contributed by atoms with Crippen molar-refractivity contribution in [2.24, 2.45) is 0 Å². The molecule has 0 aliphatic heterocycles. The lowest BCUT2D eigenvalue weighted by Gasteiger charge is -2.11. The highest BCUT2D eigenvalue weighted by molar-refractivity contribution is 5.66. The van der Waals surface area contributed by atoms with Crippen LogP contribution < -0.4 is 0 Å². The number of hydrogen-bond donors (Lipinski definition) is 2.